The fourth-order valence-corrected chi connectivity index (χ4v) is 1.44. The van der Waals surface area contributed by atoms with Gasteiger partial charge in [0.25, 0.3) is 0 Å². The first-order valence-electron chi connectivity index (χ1n) is 4.94. The van der Waals surface area contributed by atoms with Crippen LogP contribution in [0.15, 0.2) is 12.4 Å². The van der Waals surface area contributed by atoms with Crippen molar-refractivity contribution in [3.8, 4) is 0 Å². The lowest BCUT2D eigenvalue weighted by molar-refractivity contribution is -0.119. The Morgan fingerprint density at radius 2 is 2.13 bits per heavy atom. The van der Waals surface area contributed by atoms with Crippen molar-refractivity contribution in [2.45, 2.75) is 25.8 Å². The Balaban J connectivity index is 2.36. The van der Waals surface area contributed by atoms with Gasteiger partial charge in [-0.05, 0) is 6.92 Å². The number of nitrogens with one attached hydrogen (secondary N) is 1. The molecule has 1 aromatic heterocycles. The lowest BCUT2D eigenvalue weighted by atomic mass is 10.3. The van der Waals surface area contributed by atoms with Gasteiger partial charge in [0, 0.05) is 39.6 Å². The molecule has 1 rings (SSSR count). The maximum absolute atomic E-state index is 5.15. The number of aromatic nitrogens is 2. The van der Waals surface area contributed by atoms with Crippen LogP contribution in [0.25, 0.3) is 0 Å². The van der Waals surface area contributed by atoms with Gasteiger partial charge in [0.05, 0.1) is 12.2 Å². The zero-order valence-electron chi connectivity index (χ0n) is 9.73. The Morgan fingerprint density at radius 1 is 1.47 bits per heavy atom. The van der Waals surface area contributed by atoms with Crippen LogP contribution in [0.2, 0.25) is 0 Å². The summed E-state index contributed by atoms with van der Waals surface area (Å²) in [6, 6.07) is 0.139. The Morgan fingerprint density at radius 3 is 2.60 bits per heavy atom. The summed E-state index contributed by atoms with van der Waals surface area (Å²) in [6.07, 6.45) is 3.60. The highest BCUT2D eigenvalue weighted by atomic mass is 16.7. The Kier molecular flexibility index (Phi) is 4.74. The number of ether oxygens (including phenoxy) is 2. The van der Waals surface area contributed by atoms with E-state index < -0.39 is 0 Å². The van der Waals surface area contributed by atoms with E-state index >= 15 is 0 Å². The van der Waals surface area contributed by atoms with Crippen molar-refractivity contribution in [1.82, 2.24) is 15.1 Å². The van der Waals surface area contributed by atoms with Crippen molar-refractivity contribution in [2.75, 3.05) is 14.2 Å². The van der Waals surface area contributed by atoms with Crippen molar-refractivity contribution in [3.05, 3.63) is 18.0 Å². The molecule has 0 radical (unpaired) electrons. The second-order valence-electron chi connectivity index (χ2n) is 3.53. The van der Waals surface area contributed by atoms with Gasteiger partial charge in [-0.15, -0.1) is 0 Å². The quantitative estimate of drug-likeness (QED) is 0.700. The van der Waals surface area contributed by atoms with E-state index in [9.17, 15) is 0 Å². The van der Waals surface area contributed by atoms with Crippen molar-refractivity contribution < 1.29 is 9.47 Å². The van der Waals surface area contributed by atoms with Gasteiger partial charge in [-0.1, -0.05) is 0 Å². The van der Waals surface area contributed by atoms with Crippen LogP contribution in [0.1, 0.15) is 12.5 Å². The molecule has 1 unspecified atom stereocenters. The first-order chi connectivity index (χ1) is 7.17. The summed E-state index contributed by atoms with van der Waals surface area (Å²) in [5.41, 5.74) is 1.15. The predicted octanol–water partition coefficient (Wildman–Crippen LogP) is 0.517. The average Bonchev–Trinajstić information content (AvgIpc) is 2.63. The molecule has 0 aliphatic heterocycles. The summed E-state index contributed by atoms with van der Waals surface area (Å²) >= 11 is 0. The van der Waals surface area contributed by atoms with Gasteiger partial charge in [-0.3, -0.25) is 4.68 Å². The van der Waals surface area contributed by atoms with Gasteiger partial charge < -0.3 is 14.8 Å². The van der Waals surface area contributed by atoms with E-state index in [-0.39, 0.29) is 12.3 Å². The average molecular weight is 213 g/mol. The lowest BCUT2D eigenvalue weighted by Gasteiger charge is -2.21. The number of hydrogen-bond donors (Lipinski definition) is 1. The number of aryl methyl sites for hydroxylation is 1. The Labute approximate surface area is 90.4 Å². The van der Waals surface area contributed by atoms with Crippen molar-refractivity contribution >= 4 is 0 Å². The molecule has 15 heavy (non-hydrogen) atoms. The summed E-state index contributed by atoms with van der Waals surface area (Å²) < 4.78 is 12.1. The van der Waals surface area contributed by atoms with Gasteiger partial charge in [0.15, 0.2) is 6.29 Å². The first kappa shape index (κ1) is 12.2. The van der Waals surface area contributed by atoms with Gasteiger partial charge in [-0.2, -0.15) is 5.10 Å². The molecule has 1 aromatic rings. The molecule has 0 aliphatic carbocycles. The third-order valence-electron chi connectivity index (χ3n) is 2.26. The molecule has 5 nitrogen and oxygen atoms in total. The monoisotopic (exact) mass is 213 g/mol. The number of nitrogens with zero attached hydrogens (tertiary/aromatic N) is 2. The maximum Gasteiger partial charge on any atom is 0.171 e. The molecule has 1 N–H and O–H groups in total. The van der Waals surface area contributed by atoms with Crippen molar-refractivity contribution in [1.29, 1.82) is 0 Å². The minimum absolute atomic E-state index is 0.139. The molecular formula is C10H19N3O2. The minimum atomic E-state index is -0.221. The molecule has 1 heterocycles. The fourth-order valence-electron chi connectivity index (χ4n) is 1.44. The summed E-state index contributed by atoms with van der Waals surface area (Å²) in [4.78, 5) is 0. The maximum atomic E-state index is 5.15. The van der Waals surface area contributed by atoms with Crippen LogP contribution in [0.4, 0.5) is 0 Å². The van der Waals surface area contributed by atoms with Crippen LogP contribution in [0.5, 0.6) is 0 Å². The van der Waals surface area contributed by atoms with Gasteiger partial charge in [-0.25, -0.2) is 0 Å². The van der Waals surface area contributed by atoms with Crippen LogP contribution < -0.4 is 5.32 Å². The molecule has 0 aromatic carbocycles. The summed E-state index contributed by atoms with van der Waals surface area (Å²) in [5, 5.41) is 7.40. The van der Waals surface area contributed by atoms with E-state index in [0.717, 1.165) is 12.1 Å². The van der Waals surface area contributed by atoms with Gasteiger partial charge in [0.2, 0.25) is 0 Å². The smallest absolute Gasteiger partial charge is 0.171 e. The highest BCUT2D eigenvalue weighted by Gasteiger charge is 2.14. The fraction of sp³-hybridized carbons (Fsp3) is 0.700. The topological polar surface area (TPSA) is 48.3 Å². The van der Waals surface area contributed by atoms with Crippen molar-refractivity contribution in [2.24, 2.45) is 7.05 Å². The molecule has 86 valence electrons. The van der Waals surface area contributed by atoms with Crippen LogP contribution in [0.3, 0.4) is 0 Å². The molecule has 0 saturated heterocycles. The highest BCUT2D eigenvalue weighted by molar-refractivity contribution is 5.03. The van der Waals surface area contributed by atoms with E-state index in [1.54, 1.807) is 18.9 Å². The molecule has 0 fully saturated rings. The first-order valence-corrected chi connectivity index (χ1v) is 4.94. The third kappa shape index (κ3) is 3.62. The highest BCUT2D eigenvalue weighted by Crippen LogP contribution is 2.01. The van der Waals surface area contributed by atoms with E-state index in [4.69, 9.17) is 9.47 Å². The molecule has 0 aliphatic rings. The zero-order chi connectivity index (χ0) is 11.3. The van der Waals surface area contributed by atoms with Gasteiger partial charge in [0.1, 0.15) is 0 Å². The standard InChI is InChI=1S/C10H19N3O2/c1-8(10(14-3)15-4)11-5-9-6-12-13(2)7-9/h6-8,10-11H,5H2,1-4H3. The largest absolute Gasteiger partial charge is 0.354 e. The molecule has 1 atom stereocenters. The summed E-state index contributed by atoms with van der Waals surface area (Å²) in [6.45, 7) is 2.78. The number of rotatable bonds is 6. The molecule has 0 amide bonds. The van der Waals surface area contributed by atoms with E-state index in [1.165, 1.54) is 0 Å². The molecule has 0 bridgehead atoms. The Bertz CT molecular complexity index is 284. The summed E-state index contributed by atoms with van der Waals surface area (Å²) in [5.74, 6) is 0. The van der Waals surface area contributed by atoms with Crippen LogP contribution in [0, 0.1) is 0 Å². The number of methoxy groups -OCH3 is 2. The van der Waals surface area contributed by atoms with Crippen LogP contribution in [-0.2, 0) is 23.1 Å². The number of hydrogen-bond acceptors (Lipinski definition) is 4. The van der Waals surface area contributed by atoms with Crippen LogP contribution >= 0.6 is 0 Å². The van der Waals surface area contributed by atoms with E-state index in [1.807, 2.05) is 26.4 Å². The SMILES string of the molecule is COC(OC)C(C)NCc1cnn(C)c1. The predicted molar refractivity (Wildman–Crippen MR) is 57.3 cm³/mol. The van der Waals surface area contributed by atoms with E-state index in [2.05, 4.69) is 10.4 Å². The normalized spacial score (nSPS) is 13.4. The van der Waals surface area contributed by atoms with E-state index in [0.29, 0.717) is 0 Å². The second kappa shape index (κ2) is 5.85. The minimum Gasteiger partial charge on any atom is -0.354 e. The summed E-state index contributed by atoms with van der Waals surface area (Å²) in [7, 11) is 5.17. The third-order valence-corrected chi connectivity index (χ3v) is 2.26. The lowest BCUT2D eigenvalue weighted by Crippen LogP contribution is -2.39. The Hall–Kier alpha value is -0.910. The molecular weight excluding hydrogens is 194 g/mol. The molecule has 0 spiro atoms. The molecule has 5 heteroatoms. The zero-order valence-corrected chi connectivity index (χ0v) is 9.73. The molecule has 0 saturated carbocycles. The van der Waals surface area contributed by atoms with Crippen LogP contribution in [-0.4, -0.2) is 36.3 Å². The van der Waals surface area contributed by atoms with Gasteiger partial charge >= 0.3 is 0 Å². The van der Waals surface area contributed by atoms with Crippen molar-refractivity contribution in [3.63, 3.8) is 0 Å². The second-order valence-corrected chi connectivity index (χ2v) is 3.53.